The van der Waals surface area contributed by atoms with Gasteiger partial charge in [-0.15, -0.1) is 17.9 Å². The monoisotopic (exact) mass is 499 g/mol. The largest absolute Gasteiger partial charge is 0.340 e. The third-order valence-corrected chi connectivity index (χ3v) is 8.48. The van der Waals surface area contributed by atoms with E-state index in [-0.39, 0.29) is 5.41 Å². The van der Waals surface area contributed by atoms with Gasteiger partial charge in [-0.25, -0.2) is 4.98 Å². The molecule has 0 N–H and O–H groups in total. The first-order valence-electron chi connectivity index (χ1n) is 13.5. The second kappa shape index (κ2) is 11.1. The highest BCUT2D eigenvalue weighted by molar-refractivity contribution is 7.09. The first-order valence-corrected chi connectivity index (χ1v) is 14.4. The molecule has 0 aliphatic heterocycles. The summed E-state index contributed by atoms with van der Waals surface area (Å²) in [6, 6.07) is 11.3. The van der Waals surface area contributed by atoms with E-state index in [1.165, 1.54) is 44.0 Å². The van der Waals surface area contributed by atoms with Crippen molar-refractivity contribution < 1.29 is 0 Å². The standard InChI is InChI=1S/C32H41N3S/c1-8-12-17-32(6,7)20-26-25-19-23(27-21-36-29(10-3)34-27)15-16-28(25)35(11-4)31(26)24-14-13-18-33-30(24)22(5)9-2/h8,13-16,18-19,21-22H,1,9-12,17,20H2,2-7H3. The van der Waals surface area contributed by atoms with Crippen LogP contribution in [0.5, 0.6) is 0 Å². The third-order valence-electron chi connectivity index (χ3n) is 7.49. The van der Waals surface area contributed by atoms with E-state index < -0.39 is 0 Å². The Morgan fingerprint density at radius 1 is 1.17 bits per heavy atom. The Balaban J connectivity index is 2.00. The quantitative estimate of drug-likeness (QED) is 0.192. The summed E-state index contributed by atoms with van der Waals surface area (Å²) in [6.07, 6.45) is 9.20. The van der Waals surface area contributed by atoms with Gasteiger partial charge >= 0.3 is 0 Å². The normalized spacial score (nSPS) is 12.8. The van der Waals surface area contributed by atoms with Gasteiger partial charge in [0.15, 0.2) is 0 Å². The van der Waals surface area contributed by atoms with Gasteiger partial charge in [0.1, 0.15) is 0 Å². The maximum Gasteiger partial charge on any atom is 0.0929 e. The molecule has 0 saturated heterocycles. The Bertz CT molecular complexity index is 1340. The summed E-state index contributed by atoms with van der Waals surface area (Å²) in [5, 5.41) is 4.74. The van der Waals surface area contributed by atoms with Gasteiger partial charge in [-0.2, -0.15) is 0 Å². The molecule has 0 fully saturated rings. The molecule has 4 aromatic rings. The minimum Gasteiger partial charge on any atom is -0.340 e. The minimum absolute atomic E-state index is 0.153. The number of rotatable bonds is 11. The van der Waals surface area contributed by atoms with E-state index in [2.05, 4.69) is 88.4 Å². The van der Waals surface area contributed by atoms with Crippen LogP contribution in [0, 0.1) is 5.41 Å². The second-order valence-corrected chi connectivity index (χ2v) is 11.6. The highest BCUT2D eigenvalue weighted by atomic mass is 32.1. The number of nitrogens with zero attached hydrogens (tertiary/aromatic N) is 3. The molecule has 4 heteroatoms. The van der Waals surface area contributed by atoms with Crippen LogP contribution in [0.2, 0.25) is 0 Å². The van der Waals surface area contributed by atoms with E-state index in [1.54, 1.807) is 11.3 Å². The first kappa shape index (κ1) is 26.3. The Morgan fingerprint density at radius 2 is 1.97 bits per heavy atom. The van der Waals surface area contributed by atoms with Gasteiger partial charge in [-0.3, -0.25) is 4.98 Å². The molecule has 3 nitrogen and oxygen atoms in total. The van der Waals surface area contributed by atoms with Crippen LogP contribution in [0.15, 0.2) is 54.6 Å². The molecular weight excluding hydrogens is 458 g/mol. The fourth-order valence-electron chi connectivity index (χ4n) is 5.27. The lowest BCUT2D eigenvalue weighted by molar-refractivity contribution is 0.337. The Kier molecular flexibility index (Phi) is 8.14. The highest BCUT2D eigenvalue weighted by Crippen LogP contribution is 2.42. The van der Waals surface area contributed by atoms with Crippen molar-refractivity contribution in [3.63, 3.8) is 0 Å². The summed E-state index contributed by atoms with van der Waals surface area (Å²) >= 11 is 1.76. The van der Waals surface area contributed by atoms with Crippen LogP contribution in [-0.4, -0.2) is 14.5 Å². The van der Waals surface area contributed by atoms with Gasteiger partial charge in [0.25, 0.3) is 0 Å². The van der Waals surface area contributed by atoms with Crippen molar-refractivity contribution in [1.29, 1.82) is 0 Å². The van der Waals surface area contributed by atoms with E-state index in [1.807, 2.05) is 12.3 Å². The van der Waals surface area contributed by atoms with Gasteiger partial charge in [0, 0.05) is 40.2 Å². The average Bonchev–Trinajstić information content (AvgIpc) is 3.49. The summed E-state index contributed by atoms with van der Waals surface area (Å²) in [5.41, 5.74) is 9.01. The molecule has 0 aliphatic carbocycles. The fourth-order valence-corrected chi connectivity index (χ4v) is 6.02. The molecule has 36 heavy (non-hydrogen) atoms. The van der Waals surface area contributed by atoms with Gasteiger partial charge in [-0.1, -0.05) is 46.8 Å². The van der Waals surface area contributed by atoms with Crippen molar-refractivity contribution in [2.75, 3.05) is 0 Å². The minimum atomic E-state index is 0.153. The van der Waals surface area contributed by atoms with Crippen LogP contribution in [0.25, 0.3) is 33.4 Å². The van der Waals surface area contributed by atoms with Crippen LogP contribution in [0.3, 0.4) is 0 Å². The summed E-state index contributed by atoms with van der Waals surface area (Å²) < 4.78 is 2.51. The molecule has 0 spiro atoms. The van der Waals surface area contributed by atoms with Crippen molar-refractivity contribution in [3.05, 3.63) is 70.8 Å². The molecule has 0 amide bonds. The summed E-state index contributed by atoms with van der Waals surface area (Å²) in [7, 11) is 0. The smallest absolute Gasteiger partial charge is 0.0929 e. The van der Waals surface area contributed by atoms with E-state index in [0.29, 0.717) is 5.92 Å². The van der Waals surface area contributed by atoms with E-state index in [0.717, 1.165) is 44.3 Å². The molecule has 3 aromatic heterocycles. The third kappa shape index (κ3) is 5.20. The summed E-state index contributed by atoms with van der Waals surface area (Å²) in [5.74, 6) is 0.407. The summed E-state index contributed by atoms with van der Waals surface area (Å²) in [6.45, 7) is 18.7. The van der Waals surface area contributed by atoms with Crippen molar-refractivity contribution in [2.45, 2.75) is 86.1 Å². The lowest BCUT2D eigenvalue weighted by Crippen LogP contribution is -2.15. The molecule has 1 aromatic carbocycles. The van der Waals surface area contributed by atoms with E-state index in [9.17, 15) is 0 Å². The Labute approximate surface area is 221 Å². The predicted octanol–water partition coefficient (Wildman–Crippen LogP) is 9.46. The van der Waals surface area contributed by atoms with Gasteiger partial charge in [0.2, 0.25) is 0 Å². The molecule has 0 saturated carbocycles. The van der Waals surface area contributed by atoms with Crippen molar-refractivity contribution in [2.24, 2.45) is 5.41 Å². The maximum absolute atomic E-state index is 4.90. The van der Waals surface area contributed by atoms with Crippen LogP contribution in [-0.2, 0) is 19.4 Å². The molecule has 3 heterocycles. The molecule has 4 rings (SSSR count). The van der Waals surface area contributed by atoms with Crippen LogP contribution >= 0.6 is 11.3 Å². The number of allylic oxidation sites excluding steroid dienone is 1. The topological polar surface area (TPSA) is 30.7 Å². The predicted molar refractivity (Wildman–Crippen MR) is 157 cm³/mol. The number of thiazole rings is 1. The molecule has 0 radical (unpaired) electrons. The highest BCUT2D eigenvalue weighted by Gasteiger charge is 2.27. The lowest BCUT2D eigenvalue weighted by atomic mass is 9.80. The number of pyridine rings is 1. The van der Waals surface area contributed by atoms with E-state index >= 15 is 0 Å². The van der Waals surface area contributed by atoms with Crippen LogP contribution < -0.4 is 0 Å². The zero-order valence-corrected chi connectivity index (χ0v) is 23.7. The molecule has 0 bridgehead atoms. The van der Waals surface area contributed by atoms with Crippen LogP contribution in [0.1, 0.15) is 83.0 Å². The zero-order chi connectivity index (χ0) is 25.9. The number of aryl methyl sites for hydroxylation is 2. The number of hydrogen-bond donors (Lipinski definition) is 0. The summed E-state index contributed by atoms with van der Waals surface area (Å²) in [4.78, 5) is 9.80. The van der Waals surface area contributed by atoms with E-state index in [4.69, 9.17) is 9.97 Å². The van der Waals surface area contributed by atoms with Crippen molar-refractivity contribution in [1.82, 2.24) is 14.5 Å². The second-order valence-electron chi connectivity index (χ2n) is 10.7. The maximum atomic E-state index is 4.90. The zero-order valence-electron chi connectivity index (χ0n) is 22.9. The van der Waals surface area contributed by atoms with Crippen molar-refractivity contribution in [3.8, 4) is 22.5 Å². The van der Waals surface area contributed by atoms with Gasteiger partial charge in [0.05, 0.1) is 22.1 Å². The van der Waals surface area contributed by atoms with Crippen LogP contribution in [0.4, 0.5) is 0 Å². The number of aromatic nitrogens is 3. The number of fused-ring (bicyclic) bond motifs is 1. The number of benzene rings is 1. The van der Waals surface area contributed by atoms with Crippen molar-refractivity contribution >= 4 is 22.2 Å². The SMILES string of the molecule is C=CCCC(C)(C)Cc1c(-c2cccnc2C(C)CC)n(CC)c2ccc(-c3csc(CC)n3)cc12. The fraction of sp³-hybridized carbons (Fsp3) is 0.438. The Hall–Kier alpha value is -2.72. The first-order chi connectivity index (χ1) is 17.3. The molecular formula is C32H41N3S. The Morgan fingerprint density at radius 3 is 2.64 bits per heavy atom. The molecule has 190 valence electrons. The molecule has 1 atom stereocenters. The lowest BCUT2D eigenvalue weighted by Gasteiger charge is -2.25. The molecule has 0 aliphatic rings. The average molecular weight is 500 g/mol. The van der Waals surface area contributed by atoms with Gasteiger partial charge in [-0.05, 0) is 80.2 Å². The number of hydrogen-bond acceptors (Lipinski definition) is 3. The van der Waals surface area contributed by atoms with Gasteiger partial charge < -0.3 is 4.57 Å². The molecule has 1 unspecified atom stereocenters.